The van der Waals surface area contributed by atoms with Gasteiger partial charge in [0, 0.05) is 13.1 Å². The van der Waals surface area contributed by atoms with Crippen LogP contribution in [0.15, 0.2) is 18.2 Å². The Kier molecular flexibility index (Phi) is 4.59. The third-order valence-electron chi connectivity index (χ3n) is 3.29. The molecule has 2 rings (SSSR count). The molecule has 1 aliphatic heterocycles. The molecule has 0 bridgehead atoms. The van der Waals surface area contributed by atoms with Crippen molar-refractivity contribution in [3.05, 3.63) is 23.8 Å². The smallest absolute Gasteiger partial charge is 0.265 e. The summed E-state index contributed by atoms with van der Waals surface area (Å²) in [6.07, 6.45) is -1.19. The van der Waals surface area contributed by atoms with Gasteiger partial charge in [-0.2, -0.15) is 0 Å². The van der Waals surface area contributed by atoms with Gasteiger partial charge in [0.15, 0.2) is 6.10 Å². The van der Waals surface area contributed by atoms with E-state index in [4.69, 9.17) is 9.84 Å². The predicted octanol–water partition coefficient (Wildman–Crippen LogP) is 0.363. The van der Waals surface area contributed by atoms with E-state index in [0.29, 0.717) is 30.1 Å². The molecule has 0 saturated heterocycles. The monoisotopic (exact) mass is 280 g/mol. The van der Waals surface area contributed by atoms with Crippen molar-refractivity contribution in [2.75, 3.05) is 32.1 Å². The van der Waals surface area contributed by atoms with Crippen molar-refractivity contribution >= 4 is 11.6 Å². The summed E-state index contributed by atoms with van der Waals surface area (Å²) in [4.78, 5) is 13.4. The molecule has 110 valence electrons. The Bertz CT molecular complexity index is 492. The highest BCUT2D eigenvalue weighted by molar-refractivity contribution is 5.97. The van der Waals surface area contributed by atoms with Crippen molar-refractivity contribution in [2.24, 2.45) is 0 Å². The summed E-state index contributed by atoms with van der Waals surface area (Å²) in [6, 6.07) is 5.24. The Balaban J connectivity index is 2.11. The molecular formula is C14H20N2O4. The molecule has 6 nitrogen and oxygen atoms in total. The van der Waals surface area contributed by atoms with Crippen LogP contribution >= 0.6 is 0 Å². The number of carbonyl (C=O) groups excluding carboxylic acids is 1. The number of nitrogens with one attached hydrogen (secondary N) is 1. The maximum atomic E-state index is 11.6. The van der Waals surface area contributed by atoms with E-state index in [9.17, 15) is 9.90 Å². The van der Waals surface area contributed by atoms with Crippen molar-refractivity contribution in [3.8, 4) is 5.75 Å². The maximum absolute atomic E-state index is 11.6. The number of fused-ring (bicyclic) bond motifs is 1. The van der Waals surface area contributed by atoms with E-state index in [1.165, 1.54) is 0 Å². The van der Waals surface area contributed by atoms with Crippen LogP contribution in [0.5, 0.6) is 5.75 Å². The van der Waals surface area contributed by atoms with Crippen LogP contribution in [0.25, 0.3) is 0 Å². The first kappa shape index (κ1) is 14.8. The van der Waals surface area contributed by atoms with Gasteiger partial charge in [-0.1, -0.05) is 6.07 Å². The van der Waals surface area contributed by atoms with Gasteiger partial charge in [0.25, 0.3) is 5.91 Å². The van der Waals surface area contributed by atoms with Gasteiger partial charge in [0.1, 0.15) is 5.75 Å². The standard InChI is InChI=1S/C14H20N2O4/c1-9-14(19)15-11-7-10(3-4-13(11)20-9)12(18)8-16(2)5-6-17/h3-4,7,9,12,17-18H,5-6,8H2,1-2H3,(H,15,19). The summed E-state index contributed by atoms with van der Waals surface area (Å²) >= 11 is 0. The zero-order valence-electron chi connectivity index (χ0n) is 11.7. The van der Waals surface area contributed by atoms with Crippen molar-refractivity contribution < 1.29 is 19.7 Å². The van der Waals surface area contributed by atoms with Crippen LogP contribution in [-0.4, -0.2) is 53.9 Å². The molecule has 0 fully saturated rings. The molecule has 1 aliphatic rings. The van der Waals surface area contributed by atoms with Gasteiger partial charge < -0.3 is 25.2 Å². The molecule has 1 heterocycles. The van der Waals surface area contributed by atoms with Crippen LogP contribution in [0.2, 0.25) is 0 Å². The second kappa shape index (κ2) is 6.21. The Labute approximate surface area is 118 Å². The number of hydrogen-bond donors (Lipinski definition) is 3. The van der Waals surface area contributed by atoms with E-state index < -0.39 is 12.2 Å². The normalized spacial score (nSPS) is 19.2. The van der Waals surface area contributed by atoms with E-state index in [0.717, 1.165) is 0 Å². The van der Waals surface area contributed by atoms with Crippen molar-refractivity contribution in [3.63, 3.8) is 0 Å². The molecule has 20 heavy (non-hydrogen) atoms. The first-order chi connectivity index (χ1) is 9.51. The van der Waals surface area contributed by atoms with Gasteiger partial charge in [-0.25, -0.2) is 0 Å². The zero-order chi connectivity index (χ0) is 14.7. The van der Waals surface area contributed by atoms with Crippen molar-refractivity contribution in [2.45, 2.75) is 19.1 Å². The Morgan fingerprint density at radius 2 is 2.25 bits per heavy atom. The lowest BCUT2D eigenvalue weighted by molar-refractivity contribution is -0.122. The topological polar surface area (TPSA) is 82.0 Å². The molecule has 1 amide bonds. The van der Waals surface area contributed by atoms with Crippen molar-refractivity contribution in [1.29, 1.82) is 0 Å². The fourth-order valence-electron chi connectivity index (χ4n) is 2.10. The zero-order valence-corrected chi connectivity index (χ0v) is 11.7. The third kappa shape index (κ3) is 3.27. The summed E-state index contributed by atoms with van der Waals surface area (Å²) in [5.41, 5.74) is 1.28. The minimum absolute atomic E-state index is 0.0508. The molecule has 0 aromatic heterocycles. The molecule has 1 aromatic carbocycles. The highest BCUT2D eigenvalue weighted by Crippen LogP contribution is 2.32. The lowest BCUT2D eigenvalue weighted by Crippen LogP contribution is -2.34. The molecule has 0 aliphatic carbocycles. The first-order valence-electron chi connectivity index (χ1n) is 6.60. The quantitative estimate of drug-likeness (QED) is 0.725. The Hall–Kier alpha value is -1.63. The number of rotatable bonds is 5. The fourth-order valence-corrected chi connectivity index (χ4v) is 2.10. The van der Waals surface area contributed by atoms with Crippen LogP contribution in [0.4, 0.5) is 5.69 Å². The average molecular weight is 280 g/mol. The van der Waals surface area contributed by atoms with Gasteiger partial charge in [-0.05, 0) is 31.7 Å². The summed E-state index contributed by atoms with van der Waals surface area (Å²) in [5, 5.41) is 21.8. The molecule has 0 spiro atoms. The number of anilines is 1. The summed E-state index contributed by atoms with van der Waals surface area (Å²) in [5.74, 6) is 0.415. The molecular weight excluding hydrogens is 260 g/mol. The summed E-state index contributed by atoms with van der Waals surface area (Å²) in [7, 11) is 1.82. The Morgan fingerprint density at radius 1 is 1.50 bits per heavy atom. The SMILES string of the molecule is CC1Oc2ccc(C(O)CN(C)CCO)cc2NC1=O. The second-order valence-corrected chi connectivity index (χ2v) is 5.01. The van der Waals surface area contributed by atoms with Gasteiger partial charge >= 0.3 is 0 Å². The van der Waals surface area contributed by atoms with E-state index in [-0.39, 0.29) is 12.5 Å². The molecule has 0 radical (unpaired) electrons. The lowest BCUT2D eigenvalue weighted by Gasteiger charge is -2.25. The molecule has 2 atom stereocenters. The third-order valence-corrected chi connectivity index (χ3v) is 3.29. The van der Waals surface area contributed by atoms with Gasteiger partial charge in [-0.3, -0.25) is 4.79 Å². The maximum Gasteiger partial charge on any atom is 0.265 e. The molecule has 6 heteroatoms. The van der Waals surface area contributed by atoms with Gasteiger partial charge in [0.05, 0.1) is 18.4 Å². The number of nitrogens with zero attached hydrogens (tertiary/aromatic N) is 1. The number of likely N-dealkylation sites (N-methyl/N-ethyl adjacent to an activating group) is 1. The fraction of sp³-hybridized carbons (Fsp3) is 0.500. The summed E-state index contributed by atoms with van der Waals surface area (Å²) < 4.78 is 5.46. The predicted molar refractivity (Wildman–Crippen MR) is 74.7 cm³/mol. The highest BCUT2D eigenvalue weighted by Gasteiger charge is 2.24. The number of aliphatic hydroxyl groups is 2. The van der Waals surface area contributed by atoms with Gasteiger partial charge in [0.2, 0.25) is 0 Å². The number of carbonyl (C=O) groups is 1. The first-order valence-corrected chi connectivity index (χ1v) is 6.60. The second-order valence-electron chi connectivity index (χ2n) is 5.01. The Morgan fingerprint density at radius 3 is 2.95 bits per heavy atom. The van der Waals surface area contributed by atoms with Crippen molar-refractivity contribution in [1.82, 2.24) is 4.90 Å². The average Bonchev–Trinajstić information content (AvgIpc) is 2.39. The molecule has 0 saturated carbocycles. The number of amides is 1. The van der Waals surface area contributed by atoms with Crippen LogP contribution < -0.4 is 10.1 Å². The molecule has 1 aromatic rings. The molecule has 2 unspecified atom stereocenters. The van der Waals surface area contributed by atoms with Crippen LogP contribution in [0.1, 0.15) is 18.6 Å². The van der Waals surface area contributed by atoms with E-state index in [1.807, 2.05) is 11.9 Å². The lowest BCUT2D eigenvalue weighted by atomic mass is 10.1. The number of benzene rings is 1. The van der Waals surface area contributed by atoms with Crippen LogP contribution in [0, 0.1) is 0 Å². The molecule has 3 N–H and O–H groups in total. The van der Waals surface area contributed by atoms with Gasteiger partial charge in [-0.15, -0.1) is 0 Å². The van der Waals surface area contributed by atoms with E-state index in [1.54, 1.807) is 25.1 Å². The summed E-state index contributed by atoms with van der Waals surface area (Å²) in [6.45, 7) is 2.64. The number of ether oxygens (including phenoxy) is 1. The highest BCUT2D eigenvalue weighted by atomic mass is 16.5. The van der Waals surface area contributed by atoms with E-state index >= 15 is 0 Å². The largest absolute Gasteiger partial charge is 0.479 e. The van der Waals surface area contributed by atoms with Crippen LogP contribution in [0.3, 0.4) is 0 Å². The van der Waals surface area contributed by atoms with E-state index in [2.05, 4.69) is 5.32 Å². The minimum atomic E-state index is -0.687. The van der Waals surface area contributed by atoms with Crippen LogP contribution in [-0.2, 0) is 4.79 Å². The minimum Gasteiger partial charge on any atom is -0.479 e. The number of hydrogen-bond acceptors (Lipinski definition) is 5. The number of aliphatic hydroxyl groups excluding tert-OH is 2.